The Bertz CT molecular complexity index is 1380. The first-order chi connectivity index (χ1) is 38.0. The molecule has 448 valence electrons. The number of esters is 3. The maximum absolute atomic E-state index is 12.9. The van der Waals surface area contributed by atoms with Crippen LogP contribution in [-0.2, 0) is 28.6 Å². The van der Waals surface area contributed by atoms with Crippen LogP contribution in [0.5, 0.6) is 0 Å². The van der Waals surface area contributed by atoms with Gasteiger partial charge < -0.3 is 14.2 Å². The van der Waals surface area contributed by atoms with Crippen molar-refractivity contribution in [3.05, 3.63) is 60.8 Å². The molecule has 0 aromatic rings. The number of carbonyl (C=O) groups excluding carboxylic acids is 3. The van der Waals surface area contributed by atoms with Gasteiger partial charge in [-0.15, -0.1) is 0 Å². The summed E-state index contributed by atoms with van der Waals surface area (Å²) in [5.41, 5.74) is 0. The Morgan fingerprint density at radius 1 is 0.260 bits per heavy atom. The van der Waals surface area contributed by atoms with Crippen molar-refractivity contribution in [3.8, 4) is 0 Å². The third-order valence-corrected chi connectivity index (χ3v) is 15.0. The monoisotopic (exact) mass is 1080 g/mol. The van der Waals surface area contributed by atoms with E-state index in [9.17, 15) is 14.4 Å². The highest BCUT2D eigenvalue weighted by Gasteiger charge is 2.19. The SMILES string of the molecule is CCCCC/C=C\C/C=C\CCCCCCCCCCCC(=O)OC(COC(=O)CCCCCCCCC)COC(=O)CCCCCCCCCCCCCCCCCCCC/C=C\C/C=C\C/C=C\CCCCCCC. The number of carbonyl (C=O) groups is 3. The van der Waals surface area contributed by atoms with Gasteiger partial charge in [-0.25, -0.2) is 0 Å². The Kier molecular flexibility index (Phi) is 63.2. The molecule has 1 unspecified atom stereocenters. The highest BCUT2D eigenvalue weighted by molar-refractivity contribution is 5.71. The zero-order chi connectivity index (χ0) is 55.7. The van der Waals surface area contributed by atoms with Gasteiger partial charge in [-0.05, 0) is 89.9 Å². The smallest absolute Gasteiger partial charge is 0.306 e. The van der Waals surface area contributed by atoms with Crippen molar-refractivity contribution < 1.29 is 28.6 Å². The number of rotatable bonds is 62. The van der Waals surface area contributed by atoms with Crippen molar-refractivity contribution >= 4 is 17.9 Å². The summed E-state index contributed by atoms with van der Waals surface area (Å²) in [6, 6.07) is 0. The van der Waals surface area contributed by atoms with E-state index in [2.05, 4.69) is 81.5 Å². The summed E-state index contributed by atoms with van der Waals surface area (Å²) in [5, 5.41) is 0. The minimum Gasteiger partial charge on any atom is -0.462 e. The molecule has 0 aliphatic heterocycles. The predicted molar refractivity (Wildman–Crippen MR) is 335 cm³/mol. The quantitative estimate of drug-likeness (QED) is 0.0261. The van der Waals surface area contributed by atoms with E-state index in [0.29, 0.717) is 19.3 Å². The molecule has 0 spiro atoms. The minimum atomic E-state index is -0.772. The van der Waals surface area contributed by atoms with Crippen LogP contribution in [0.25, 0.3) is 0 Å². The Balaban J connectivity index is 4.01. The van der Waals surface area contributed by atoms with Crippen LogP contribution in [0.4, 0.5) is 0 Å². The molecule has 1 atom stereocenters. The van der Waals surface area contributed by atoms with E-state index >= 15 is 0 Å². The molecule has 0 aromatic heterocycles. The first kappa shape index (κ1) is 74.1. The van der Waals surface area contributed by atoms with Crippen molar-refractivity contribution in [3.63, 3.8) is 0 Å². The van der Waals surface area contributed by atoms with E-state index in [4.69, 9.17) is 14.2 Å². The van der Waals surface area contributed by atoms with Crippen LogP contribution < -0.4 is 0 Å². The first-order valence-corrected chi connectivity index (χ1v) is 33.8. The molecular formula is C71H128O6. The summed E-state index contributed by atoms with van der Waals surface area (Å²) in [7, 11) is 0. The third kappa shape index (κ3) is 63.8. The molecule has 0 saturated carbocycles. The fourth-order valence-corrected chi connectivity index (χ4v) is 9.89. The molecular weight excluding hydrogens is 949 g/mol. The van der Waals surface area contributed by atoms with Crippen LogP contribution in [0.1, 0.15) is 355 Å². The number of hydrogen-bond acceptors (Lipinski definition) is 6. The molecule has 0 fully saturated rings. The molecule has 6 nitrogen and oxygen atoms in total. The largest absolute Gasteiger partial charge is 0.462 e. The topological polar surface area (TPSA) is 78.9 Å². The van der Waals surface area contributed by atoms with Crippen molar-refractivity contribution in [2.45, 2.75) is 361 Å². The van der Waals surface area contributed by atoms with Crippen molar-refractivity contribution in [1.29, 1.82) is 0 Å². The summed E-state index contributed by atoms with van der Waals surface area (Å²) in [6.45, 7) is 6.60. The fourth-order valence-electron chi connectivity index (χ4n) is 9.89. The molecule has 0 aliphatic carbocycles. The van der Waals surface area contributed by atoms with Crippen LogP contribution >= 0.6 is 0 Å². The standard InChI is InChI=1S/C71H128O6/c1-4-7-10-13-16-18-20-22-24-26-28-29-30-31-32-33-34-35-36-37-38-39-40-41-43-44-46-48-50-52-55-58-61-64-70(73)76-67-68(66-75-69(72)63-60-57-54-15-12-9-6-3)77-71(74)65-62-59-56-53-51-49-47-45-42-27-25-23-21-19-17-14-11-8-5-2/h17,19-20,22-23,25-26,28,30-31,68H,4-16,18,21,24,27,29,32-67H2,1-3H3/b19-17-,22-20-,25-23-,28-26-,31-30-. The van der Waals surface area contributed by atoms with Crippen LogP contribution in [0.3, 0.4) is 0 Å². The maximum atomic E-state index is 12.9. The second kappa shape index (κ2) is 65.6. The van der Waals surface area contributed by atoms with E-state index in [-0.39, 0.29) is 31.1 Å². The molecule has 0 heterocycles. The average Bonchev–Trinajstić information content (AvgIpc) is 3.43. The lowest BCUT2D eigenvalue weighted by Crippen LogP contribution is -2.30. The van der Waals surface area contributed by atoms with Crippen molar-refractivity contribution in [1.82, 2.24) is 0 Å². The lowest BCUT2D eigenvalue weighted by molar-refractivity contribution is -0.167. The van der Waals surface area contributed by atoms with Crippen LogP contribution in [0.2, 0.25) is 0 Å². The second-order valence-electron chi connectivity index (χ2n) is 22.7. The molecule has 0 aliphatic rings. The lowest BCUT2D eigenvalue weighted by atomic mass is 10.0. The van der Waals surface area contributed by atoms with Gasteiger partial charge in [-0.2, -0.15) is 0 Å². The van der Waals surface area contributed by atoms with Crippen molar-refractivity contribution in [2.24, 2.45) is 0 Å². The van der Waals surface area contributed by atoms with Gasteiger partial charge in [0.1, 0.15) is 13.2 Å². The van der Waals surface area contributed by atoms with Gasteiger partial charge in [0.05, 0.1) is 0 Å². The Morgan fingerprint density at radius 3 is 0.753 bits per heavy atom. The van der Waals surface area contributed by atoms with Gasteiger partial charge in [0.15, 0.2) is 6.10 Å². The molecule has 0 bridgehead atoms. The summed E-state index contributed by atoms with van der Waals surface area (Å²) in [6.07, 6.45) is 84.2. The van der Waals surface area contributed by atoms with E-state index in [1.807, 2.05) is 0 Å². The van der Waals surface area contributed by atoms with Gasteiger partial charge in [0.25, 0.3) is 0 Å². The number of ether oxygens (including phenoxy) is 3. The summed E-state index contributed by atoms with van der Waals surface area (Å²) in [5.74, 6) is -0.865. The molecule has 0 amide bonds. The highest BCUT2D eigenvalue weighted by atomic mass is 16.6. The average molecular weight is 1080 g/mol. The zero-order valence-electron chi connectivity index (χ0n) is 51.5. The number of allylic oxidation sites excluding steroid dienone is 10. The van der Waals surface area contributed by atoms with E-state index in [0.717, 1.165) is 77.0 Å². The van der Waals surface area contributed by atoms with E-state index < -0.39 is 6.10 Å². The van der Waals surface area contributed by atoms with Crippen LogP contribution in [0.15, 0.2) is 60.8 Å². The van der Waals surface area contributed by atoms with Gasteiger partial charge in [-0.1, -0.05) is 306 Å². The first-order valence-electron chi connectivity index (χ1n) is 33.8. The second-order valence-corrected chi connectivity index (χ2v) is 22.7. The summed E-state index contributed by atoms with van der Waals surface area (Å²) >= 11 is 0. The predicted octanol–water partition coefficient (Wildman–Crippen LogP) is 23.1. The van der Waals surface area contributed by atoms with Gasteiger partial charge in [0, 0.05) is 19.3 Å². The molecule has 0 radical (unpaired) electrons. The van der Waals surface area contributed by atoms with Crippen LogP contribution in [-0.4, -0.2) is 37.2 Å². The maximum Gasteiger partial charge on any atom is 0.306 e. The molecule has 0 aromatic carbocycles. The molecule has 0 rings (SSSR count). The normalized spacial score (nSPS) is 12.4. The molecule has 77 heavy (non-hydrogen) atoms. The Hall–Kier alpha value is -2.89. The molecule has 0 N–H and O–H groups in total. The minimum absolute atomic E-state index is 0.0718. The van der Waals surface area contributed by atoms with Gasteiger partial charge in [-0.3, -0.25) is 14.4 Å². The third-order valence-electron chi connectivity index (χ3n) is 15.0. The fraction of sp³-hybridized carbons (Fsp3) is 0.817. The van der Waals surface area contributed by atoms with E-state index in [1.54, 1.807) is 0 Å². The van der Waals surface area contributed by atoms with E-state index in [1.165, 1.54) is 238 Å². The number of hydrogen-bond donors (Lipinski definition) is 0. The lowest BCUT2D eigenvalue weighted by Gasteiger charge is -2.18. The highest BCUT2D eigenvalue weighted by Crippen LogP contribution is 2.17. The van der Waals surface area contributed by atoms with Crippen molar-refractivity contribution in [2.75, 3.05) is 13.2 Å². The summed E-state index contributed by atoms with van der Waals surface area (Å²) < 4.78 is 16.9. The summed E-state index contributed by atoms with van der Waals surface area (Å²) in [4.78, 5) is 38.1. The Morgan fingerprint density at radius 2 is 0.468 bits per heavy atom. The molecule has 6 heteroatoms. The van der Waals surface area contributed by atoms with Crippen LogP contribution in [0, 0.1) is 0 Å². The number of unbranched alkanes of at least 4 members (excludes halogenated alkanes) is 41. The molecule has 0 saturated heterocycles. The van der Waals surface area contributed by atoms with Gasteiger partial charge >= 0.3 is 17.9 Å². The zero-order valence-corrected chi connectivity index (χ0v) is 51.5. The van der Waals surface area contributed by atoms with Gasteiger partial charge in [0.2, 0.25) is 0 Å². The Labute approximate surface area is 479 Å².